The van der Waals surface area contributed by atoms with E-state index in [0.717, 1.165) is 0 Å². The fourth-order valence-electron chi connectivity index (χ4n) is 1.72. The number of hydrogen-bond acceptors (Lipinski definition) is 2. The Hall–Kier alpha value is -1.04. The highest BCUT2D eigenvalue weighted by Crippen LogP contribution is 2.33. The molecule has 1 aromatic rings. The Morgan fingerprint density at radius 2 is 1.88 bits per heavy atom. The van der Waals surface area contributed by atoms with Crippen LogP contribution in [0, 0.1) is 0 Å². The van der Waals surface area contributed by atoms with Gasteiger partial charge in [-0.25, -0.2) is 0 Å². The lowest BCUT2D eigenvalue weighted by Crippen LogP contribution is -2.23. The van der Waals surface area contributed by atoms with Gasteiger partial charge in [0.2, 0.25) is 0 Å². The maximum absolute atomic E-state index is 12.3. The molecule has 0 fully saturated rings. The van der Waals surface area contributed by atoms with E-state index in [1.165, 1.54) is 4.68 Å². The molecule has 0 aromatic carbocycles. The molecular formula is C11H18F3N3. The Bertz CT molecular complexity index is 388. The van der Waals surface area contributed by atoms with Crippen molar-refractivity contribution < 1.29 is 13.2 Å². The molecule has 0 aliphatic heterocycles. The molecule has 98 valence electrons. The van der Waals surface area contributed by atoms with E-state index in [2.05, 4.69) is 5.10 Å². The summed E-state index contributed by atoms with van der Waals surface area (Å²) >= 11 is 0. The second-order valence-corrected chi connectivity index (χ2v) is 5.28. The molecular weight excluding hydrogens is 231 g/mol. The van der Waals surface area contributed by atoms with E-state index in [1.54, 1.807) is 13.2 Å². The van der Waals surface area contributed by atoms with Gasteiger partial charge in [0, 0.05) is 30.3 Å². The Kier molecular flexibility index (Phi) is 3.57. The quantitative estimate of drug-likeness (QED) is 0.875. The topological polar surface area (TPSA) is 43.8 Å². The highest BCUT2D eigenvalue weighted by molar-refractivity contribution is 5.27. The molecule has 0 saturated heterocycles. The molecule has 0 unspecified atom stereocenters. The third-order valence-electron chi connectivity index (χ3n) is 2.42. The van der Waals surface area contributed by atoms with Gasteiger partial charge >= 0.3 is 6.18 Å². The number of alkyl halides is 3. The number of aromatic nitrogens is 2. The van der Waals surface area contributed by atoms with Gasteiger partial charge in [-0.2, -0.15) is 18.3 Å². The predicted molar refractivity (Wildman–Crippen MR) is 59.5 cm³/mol. The molecule has 0 radical (unpaired) electrons. The van der Waals surface area contributed by atoms with E-state index < -0.39 is 18.6 Å². The van der Waals surface area contributed by atoms with Gasteiger partial charge < -0.3 is 5.73 Å². The molecule has 0 saturated carbocycles. The fraction of sp³-hybridized carbons (Fsp3) is 0.727. The van der Waals surface area contributed by atoms with E-state index >= 15 is 0 Å². The van der Waals surface area contributed by atoms with Crippen LogP contribution in [-0.4, -0.2) is 16.0 Å². The minimum atomic E-state index is -4.26. The van der Waals surface area contributed by atoms with Gasteiger partial charge in [0.25, 0.3) is 0 Å². The molecule has 0 amide bonds. The Morgan fingerprint density at radius 1 is 1.35 bits per heavy atom. The summed E-state index contributed by atoms with van der Waals surface area (Å²) in [5.74, 6) is 0. The number of rotatable bonds is 2. The van der Waals surface area contributed by atoms with Crippen LogP contribution in [0.1, 0.15) is 44.5 Å². The van der Waals surface area contributed by atoms with Gasteiger partial charge in [-0.3, -0.25) is 4.68 Å². The van der Waals surface area contributed by atoms with Crippen LogP contribution in [0.5, 0.6) is 0 Å². The molecule has 1 rings (SSSR count). The zero-order valence-corrected chi connectivity index (χ0v) is 10.5. The van der Waals surface area contributed by atoms with Gasteiger partial charge in [-0.15, -0.1) is 0 Å². The maximum Gasteiger partial charge on any atom is 0.390 e. The molecule has 1 atom stereocenters. The van der Waals surface area contributed by atoms with Crippen molar-refractivity contribution in [2.24, 2.45) is 12.8 Å². The SMILES string of the molecule is Cn1cc([C@H](N)CC(F)(F)F)c(C(C)(C)C)n1. The number of nitrogens with zero attached hydrogens (tertiary/aromatic N) is 2. The highest BCUT2D eigenvalue weighted by atomic mass is 19.4. The highest BCUT2D eigenvalue weighted by Gasteiger charge is 2.34. The summed E-state index contributed by atoms with van der Waals surface area (Å²) in [6.07, 6.45) is -3.72. The summed E-state index contributed by atoms with van der Waals surface area (Å²) in [7, 11) is 1.68. The van der Waals surface area contributed by atoms with Gasteiger partial charge in [-0.05, 0) is 0 Å². The first-order valence-corrected chi connectivity index (χ1v) is 5.37. The molecule has 17 heavy (non-hydrogen) atoms. The second-order valence-electron chi connectivity index (χ2n) is 5.28. The standard InChI is InChI=1S/C11H18F3N3/c1-10(2,3)9-7(6-17(4)16-9)8(15)5-11(12,13)14/h6,8H,5,15H2,1-4H3/t8-/m1/s1. The van der Waals surface area contributed by atoms with Crippen molar-refractivity contribution in [3.05, 3.63) is 17.5 Å². The number of hydrogen-bond donors (Lipinski definition) is 1. The van der Waals surface area contributed by atoms with Crippen LogP contribution in [-0.2, 0) is 12.5 Å². The summed E-state index contributed by atoms with van der Waals surface area (Å²) < 4.78 is 38.5. The average molecular weight is 249 g/mol. The lowest BCUT2D eigenvalue weighted by Gasteiger charge is -2.21. The minimum Gasteiger partial charge on any atom is -0.324 e. The Labute approximate surface area is 98.8 Å². The third kappa shape index (κ3) is 3.73. The Morgan fingerprint density at radius 3 is 2.29 bits per heavy atom. The van der Waals surface area contributed by atoms with E-state index in [0.29, 0.717) is 11.3 Å². The molecule has 0 aliphatic rings. The zero-order chi connectivity index (χ0) is 13.4. The van der Waals surface area contributed by atoms with Crippen molar-refractivity contribution in [2.45, 2.75) is 44.8 Å². The van der Waals surface area contributed by atoms with Crippen LogP contribution >= 0.6 is 0 Å². The predicted octanol–water partition coefficient (Wildman–Crippen LogP) is 2.67. The Balaban J connectivity index is 3.05. The van der Waals surface area contributed by atoms with Gasteiger partial charge in [0.05, 0.1) is 12.1 Å². The third-order valence-corrected chi connectivity index (χ3v) is 2.42. The zero-order valence-electron chi connectivity index (χ0n) is 10.5. The fourth-order valence-corrected chi connectivity index (χ4v) is 1.72. The van der Waals surface area contributed by atoms with Crippen LogP contribution in [0.3, 0.4) is 0 Å². The lowest BCUT2D eigenvalue weighted by atomic mass is 9.87. The molecule has 0 aliphatic carbocycles. The normalized spacial score (nSPS) is 15.1. The van der Waals surface area contributed by atoms with Crippen LogP contribution in [0.2, 0.25) is 0 Å². The average Bonchev–Trinajstić information content (AvgIpc) is 2.43. The van der Waals surface area contributed by atoms with E-state index in [9.17, 15) is 13.2 Å². The summed E-state index contributed by atoms with van der Waals surface area (Å²) in [5, 5.41) is 4.20. The second kappa shape index (κ2) is 4.33. The number of halogens is 3. The molecule has 1 aromatic heterocycles. The molecule has 6 heteroatoms. The van der Waals surface area contributed by atoms with Crippen LogP contribution < -0.4 is 5.73 Å². The van der Waals surface area contributed by atoms with Crippen LogP contribution in [0.25, 0.3) is 0 Å². The summed E-state index contributed by atoms with van der Waals surface area (Å²) in [6.45, 7) is 5.71. The minimum absolute atomic E-state index is 0.320. The summed E-state index contributed by atoms with van der Waals surface area (Å²) in [6, 6.07) is -1.06. The van der Waals surface area contributed by atoms with Crippen molar-refractivity contribution in [2.75, 3.05) is 0 Å². The van der Waals surface area contributed by atoms with Crippen molar-refractivity contribution in [1.82, 2.24) is 9.78 Å². The maximum atomic E-state index is 12.3. The molecule has 0 bridgehead atoms. The first-order valence-electron chi connectivity index (χ1n) is 5.37. The molecule has 2 N–H and O–H groups in total. The van der Waals surface area contributed by atoms with E-state index in [4.69, 9.17) is 5.73 Å². The molecule has 1 heterocycles. The first-order chi connectivity index (χ1) is 7.50. The first kappa shape index (κ1) is 14.0. The number of aryl methyl sites for hydroxylation is 1. The largest absolute Gasteiger partial charge is 0.390 e. The smallest absolute Gasteiger partial charge is 0.324 e. The van der Waals surface area contributed by atoms with Gasteiger partial charge in [0.15, 0.2) is 0 Å². The van der Waals surface area contributed by atoms with Crippen molar-refractivity contribution in [1.29, 1.82) is 0 Å². The van der Waals surface area contributed by atoms with E-state index in [-0.39, 0.29) is 5.41 Å². The summed E-state index contributed by atoms with van der Waals surface area (Å²) in [5.41, 5.74) is 6.39. The monoisotopic (exact) mass is 249 g/mol. The number of nitrogens with two attached hydrogens (primary N) is 1. The molecule has 0 spiro atoms. The van der Waals surface area contributed by atoms with Crippen molar-refractivity contribution in [3.63, 3.8) is 0 Å². The van der Waals surface area contributed by atoms with Gasteiger partial charge in [0.1, 0.15) is 0 Å². The summed E-state index contributed by atoms with van der Waals surface area (Å²) in [4.78, 5) is 0. The van der Waals surface area contributed by atoms with Gasteiger partial charge in [-0.1, -0.05) is 20.8 Å². The van der Waals surface area contributed by atoms with Crippen LogP contribution in [0.4, 0.5) is 13.2 Å². The van der Waals surface area contributed by atoms with Crippen molar-refractivity contribution in [3.8, 4) is 0 Å². The lowest BCUT2D eigenvalue weighted by molar-refractivity contribution is -0.138. The van der Waals surface area contributed by atoms with Crippen molar-refractivity contribution >= 4 is 0 Å². The van der Waals surface area contributed by atoms with Crippen LogP contribution in [0.15, 0.2) is 6.20 Å². The van der Waals surface area contributed by atoms with E-state index in [1.807, 2.05) is 20.8 Å². The molecule has 3 nitrogen and oxygen atoms in total.